The third kappa shape index (κ3) is 4.04. The van der Waals surface area contributed by atoms with E-state index in [1.807, 2.05) is 11.8 Å². The number of carbonyl (C=O) groups excluding carboxylic acids is 2. The average Bonchev–Trinajstić information content (AvgIpc) is 2.84. The van der Waals surface area contributed by atoms with Gasteiger partial charge in [0.2, 0.25) is 11.8 Å². The third-order valence-electron chi connectivity index (χ3n) is 4.00. The maximum Gasteiger partial charge on any atom is 0.239 e. The van der Waals surface area contributed by atoms with Gasteiger partial charge in [-0.1, -0.05) is 19.1 Å². The molecular weight excluding hydrogens is 285 g/mol. The highest BCUT2D eigenvalue weighted by Crippen LogP contribution is 2.15. The van der Waals surface area contributed by atoms with Crippen molar-refractivity contribution in [1.82, 2.24) is 15.1 Å². The van der Waals surface area contributed by atoms with Gasteiger partial charge in [0, 0.05) is 20.1 Å². The van der Waals surface area contributed by atoms with E-state index in [0.717, 1.165) is 18.5 Å². The Kier molecular flexibility index (Phi) is 5.49. The lowest BCUT2D eigenvalue weighted by molar-refractivity contribution is -0.132. The van der Waals surface area contributed by atoms with Crippen LogP contribution in [0.1, 0.15) is 18.9 Å². The maximum absolute atomic E-state index is 12.8. The first kappa shape index (κ1) is 16.4. The van der Waals surface area contributed by atoms with Gasteiger partial charge < -0.3 is 10.2 Å². The van der Waals surface area contributed by atoms with E-state index in [4.69, 9.17) is 0 Å². The van der Waals surface area contributed by atoms with Gasteiger partial charge >= 0.3 is 0 Å². The fourth-order valence-corrected chi connectivity index (χ4v) is 2.63. The maximum atomic E-state index is 12.8. The van der Waals surface area contributed by atoms with Gasteiger partial charge in [-0.05, 0) is 30.7 Å². The highest BCUT2D eigenvalue weighted by molar-refractivity contribution is 5.85. The van der Waals surface area contributed by atoms with E-state index in [2.05, 4.69) is 5.32 Å². The van der Waals surface area contributed by atoms with E-state index >= 15 is 0 Å². The molecule has 0 spiro atoms. The van der Waals surface area contributed by atoms with Crippen molar-refractivity contribution in [1.29, 1.82) is 0 Å². The smallest absolute Gasteiger partial charge is 0.239 e. The van der Waals surface area contributed by atoms with Crippen molar-refractivity contribution in [3.63, 3.8) is 0 Å². The summed E-state index contributed by atoms with van der Waals surface area (Å²) in [5.74, 6) is -0.349. The van der Waals surface area contributed by atoms with Crippen LogP contribution in [-0.2, 0) is 16.1 Å². The predicted octanol–water partition coefficient (Wildman–Crippen LogP) is 0.994. The average molecular weight is 307 g/mol. The van der Waals surface area contributed by atoms with Crippen LogP contribution in [0, 0.1) is 5.82 Å². The van der Waals surface area contributed by atoms with Gasteiger partial charge in [-0.3, -0.25) is 14.5 Å². The molecule has 0 bridgehead atoms. The van der Waals surface area contributed by atoms with Gasteiger partial charge in [0.25, 0.3) is 0 Å². The number of likely N-dealkylation sites (N-methyl/N-ethyl adjacent to an activating group) is 2. The normalized spacial score (nSPS) is 18.1. The number of likely N-dealkylation sites (tertiary alicyclic amines) is 1. The molecule has 0 saturated carbocycles. The molecule has 120 valence electrons. The second-order valence-electron chi connectivity index (χ2n) is 5.53. The van der Waals surface area contributed by atoms with Crippen LogP contribution in [0.15, 0.2) is 24.3 Å². The third-order valence-corrected chi connectivity index (χ3v) is 4.00. The largest absolute Gasteiger partial charge is 0.351 e. The number of carbonyl (C=O) groups is 2. The minimum absolute atomic E-state index is 0.0770. The van der Waals surface area contributed by atoms with Gasteiger partial charge in [-0.2, -0.15) is 0 Å². The second-order valence-corrected chi connectivity index (χ2v) is 5.53. The van der Waals surface area contributed by atoms with Crippen LogP contribution in [0.3, 0.4) is 0 Å². The molecule has 0 radical (unpaired) electrons. The minimum atomic E-state index is -0.295. The van der Waals surface area contributed by atoms with Gasteiger partial charge in [-0.25, -0.2) is 4.39 Å². The number of benzene rings is 1. The van der Waals surface area contributed by atoms with Crippen LogP contribution in [0.5, 0.6) is 0 Å². The lowest BCUT2D eigenvalue weighted by Gasteiger charge is -2.25. The summed E-state index contributed by atoms with van der Waals surface area (Å²) in [6, 6.07) is 5.82. The summed E-state index contributed by atoms with van der Waals surface area (Å²) in [4.78, 5) is 27.7. The summed E-state index contributed by atoms with van der Waals surface area (Å²) in [5, 5.41) is 2.80. The fourth-order valence-electron chi connectivity index (χ4n) is 2.63. The molecule has 1 heterocycles. The molecule has 0 unspecified atom stereocenters. The highest BCUT2D eigenvalue weighted by atomic mass is 19.1. The molecule has 1 N–H and O–H groups in total. The van der Waals surface area contributed by atoms with E-state index in [0.29, 0.717) is 13.1 Å². The molecule has 22 heavy (non-hydrogen) atoms. The first-order chi connectivity index (χ1) is 10.5. The Morgan fingerprint density at radius 2 is 2.09 bits per heavy atom. The molecule has 1 aromatic carbocycles. The van der Waals surface area contributed by atoms with Crippen LogP contribution < -0.4 is 5.32 Å². The van der Waals surface area contributed by atoms with Gasteiger partial charge in [0.1, 0.15) is 5.82 Å². The SMILES string of the molecule is CCN(CC(=O)NCc1ccc(F)cc1)[C@H]1CCN(C)C1=O. The monoisotopic (exact) mass is 307 g/mol. The molecule has 1 saturated heterocycles. The summed E-state index contributed by atoms with van der Waals surface area (Å²) in [5.41, 5.74) is 0.842. The lowest BCUT2D eigenvalue weighted by atomic mass is 10.2. The molecule has 1 atom stereocenters. The molecule has 1 aliphatic rings. The van der Waals surface area contributed by atoms with Crippen molar-refractivity contribution in [3.8, 4) is 0 Å². The zero-order chi connectivity index (χ0) is 16.1. The Bertz CT molecular complexity index is 533. The number of rotatable bonds is 6. The molecular formula is C16H22FN3O2. The molecule has 2 rings (SSSR count). The molecule has 1 aliphatic heterocycles. The fraction of sp³-hybridized carbons (Fsp3) is 0.500. The minimum Gasteiger partial charge on any atom is -0.351 e. The standard InChI is InChI=1S/C16H22FN3O2/c1-3-20(14-8-9-19(2)16(14)22)11-15(21)18-10-12-4-6-13(17)7-5-12/h4-7,14H,3,8-11H2,1-2H3,(H,18,21)/t14-/m0/s1. The lowest BCUT2D eigenvalue weighted by Crippen LogP contribution is -2.46. The molecule has 6 heteroatoms. The van der Waals surface area contributed by atoms with Crippen LogP contribution in [0.4, 0.5) is 4.39 Å². The number of amides is 2. The second kappa shape index (κ2) is 7.35. The van der Waals surface area contributed by atoms with Crippen molar-refractivity contribution in [2.24, 2.45) is 0 Å². The summed E-state index contributed by atoms with van der Waals surface area (Å²) in [6.07, 6.45) is 0.758. The zero-order valence-electron chi connectivity index (χ0n) is 13.0. The summed E-state index contributed by atoms with van der Waals surface area (Å²) < 4.78 is 12.8. The summed E-state index contributed by atoms with van der Waals surface area (Å²) in [6.45, 7) is 3.88. The Labute approximate surface area is 130 Å². The van der Waals surface area contributed by atoms with Crippen molar-refractivity contribution in [2.45, 2.75) is 25.9 Å². The Hall–Kier alpha value is -1.95. The van der Waals surface area contributed by atoms with Gasteiger partial charge in [0.15, 0.2) is 0 Å². The van der Waals surface area contributed by atoms with E-state index in [1.165, 1.54) is 12.1 Å². The Morgan fingerprint density at radius 1 is 1.41 bits per heavy atom. The topological polar surface area (TPSA) is 52.7 Å². The summed E-state index contributed by atoms with van der Waals surface area (Å²) in [7, 11) is 1.78. The quantitative estimate of drug-likeness (QED) is 0.853. The number of halogens is 1. The molecule has 1 fully saturated rings. The number of hydrogen-bond donors (Lipinski definition) is 1. The predicted molar refractivity (Wildman–Crippen MR) is 81.5 cm³/mol. The van der Waals surface area contributed by atoms with E-state index < -0.39 is 0 Å². The first-order valence-electron chi connectivity index (χ1n) is 7.51. The highest BCUT2D eigenvalue weighted by Gasteiger charge is 2.33. The van der Waals surface area contributed by atoms with Gasteiger partial charge in [0.05, 0.1) is 12.6 Å². The molecule has 5 nitrogen and oxygen atoms in total. The van der Waals surface area contributed by atoms with E-state index in [-0.39, 0.29) is 30.2 Å². The molecule has 2 amide bonds. The van der Waals surface area contributed by atoms with E-state index in [9.17, 15) is 14.0 Å². The number of nitrogens with one attached hydrogen (secondary N) is 1. The van der Waals surface area contributed by atoms with Crippen molar-refractivity contribution >= 4 is 11.8 Å². The van der Waals surface area contributed by atoms with E-state index in [1.54, 1.807) is 24.1 Å². The van der Waals surface area contributed by atoms with Crippen LogP contribution in [0.2, 0.25) is 0 Å². The van der Waals surface area contributed by atoms with Crippen LogP contribution in [0.25, 0.3) is 0 Å². The van der Waals surface area contributed by atoms with Crippen molar-refractivity contribution in [2.75, 3.05) is 26.7 Å². The zero-order valence-corrected chi connectivity index (χ0v) is 13.0. The van der Waals surface area contributed by atoms with Crippen molar-refractivity contribution in [3.05, 3.63) is 35.6 Å². The Morgan fingerprint density at radius 3 is 2.64 bits per heavy atom. The van der Waals surface area contributed by atoms with Crippen LogP contribution >= 0.6 is 0 Å². The molecule has 0 aromatic heterocycles. The summed E-state index contributed by atoms with van der Waals surface area (Å²) >= 11 is 0. The number of hydrogen-bond acceptors (Lipinski definition) is 3. The van der Waals surface area contributed by atoms with Crippen molar-refractivity contribution < 1.29 is 14.0 Å². The van der Waals surface area contributed by atoms with Gasteiger partial charge in [-0.15, -0.1) is 0 Å². The first-order valence-corrected chi connectivity index (χ1v) is 7.51. The molecule has 1 aromatic rings. The molecule has 0 aliphatic carbocycles. The van der Waals surface area contributed by atoms with Crippen LogP contribution in [-0.4, -0.2) is 54.3 Å². The Balaban J connectivity index is 1.84. The number of nitrogens with zero attached hydrogens (tertiary/aromatic N) is 2.